The third kappa shape index (κ3) is 3.14. The Morgan fingerprint density at radius 1 is 1.27 bits per heavy atom. The molecule has 0 spiro atoms. The van der Waals surface area contributed by atoms with Gasteiger partial charge in [-0.1, -0.05) is 11.3 Å². The highest BCUT2D eigenvalue weighted by Gasteiger charge is 2.17. The van der Waals surface area contributed by atoms with Crippen molar-refractivity contribution < 1.29 is 0 Å². The van der Waals surface area contributed by atoms with Crippen LogP contribution in [0.5, 0.6) is 0 Å². The predicted octanol–water partition coefficient (Wildman–Crippen LogP) is 2.02. The summed E-state index contributed by atoms with van der Waals surface area (Å²) in [5.41, 5.74) is 0.789. The van der Waals surface area contributed by atoms with E-state index in [1.807, 2.05) is 37.6 Å². The molecule has 0 aliphatic rings. The lowest BCUT2D eigenvalue weighted by Gasteiger charge is -2.15. The molecular formula is C13H16N6OS2. The summed E-state index contributed by atoms with van der Waals surface area (Å²) in [5, 5.41) is 21.5. The maximum absolute atomic E-state index is 12.0. The van der Waals surface area contributed by atoms with Crippen molar-refractivity contribution in [1.82, 2.24) is 30.0 Å². The van der Waals surface area contributed by atoms with E-state index >= 15 is 0 Å². The Morgan fingerprint density at radius 2 is 2.09 bits per heavy atom. The van der Waals surface area contributed by atoms with Crippen LogP contribution in [-0.2, 0) is 18.5 Å². The van der Waals surface area contributed by atoms with Crippen LogP contribution < -0.4 is 4.87 Å². The highest BCUT2D eigenvalue weighted by molar-refractivity contribution is 7.13. The van der Waals surface area contributed by atoms with E-state index in [1.54, 1.807) is 16.1 Å². The number of tetrazole rings is 1. The molecule has 0 unspecified atom stereocenters. The molecule has 0 amide bonds. The van der Waals surface area contributed by atoms with Gasteiger partial charge in [-0.3, -0.25) is 4.79 Å². The van der Waals surface area contributed by atoms with Crippen molar-refractivity contribution in [2.75, 3.05) is 0 Å². The molecule has 3 heterocycles. The second-order valence-corrected chi connectivity index (χ2v) is 7.54. The number of nitrogens with zero attached hydrogens (tertiary/aromatic N) is 6. The van der Waals surface area contributed by atoms with Gasteiger partial charge in [-0.2, -0.15) is 21.2 Å². The molecule has 0 aliphatic heterocycles. The minimum absolute atomic E-state index is 0.0654. The quantitative estimate of drug-likeness (QED) is 0.728. The van der Waals surface area contributed by atoms with E-state index in [2.05, 4.69) is 20.5 Å². The smallest absolute Gasteiger partial charge is 0.255 e. The van der Waals surface area contributed by atoms with E-state index in [4.69, 9.17) is 0 Å². The van der Waals surface area contributed by atoms with Gasteiger partial charge >= 0.3 is 4.87 Å². The van der Waals surface area contributed by atoms with Crippen LogP contribution in [0.3, 0.4) is 0 Å². The van der Waals surface area contributed by atoms with Gasteiger partial charge in [-0.25, -0.2) is 4.68 Å². The summed E-state index contributed by atoms with van der Waals surface area (Å²) in [5.74, 6) is 0.618. The Bertz CT molecular complexity index is 808. The number of hydrogen-bond donors (Lipinski definition) is 0. The number of hydrogen-bond acceptors (Lipinski definition) is 7. The molecule has 0 aromatic carbocycles. The minimum atomic E-state index is -0.200. The Hall–Kier alpha value is -1.87. The molecule has 0 saturated carbocycles. The summed E-state index contributed by atoms with van der Waals surface area (Å²) in [7, 11) is 0. The van der Waals surface area contributed by atoms with Gasteiger partial charge in [0.1, 0.15) is 5.01 Å². The summed E-state index contributed by atoms with van der Waals surface area (Å²) < 4.78 is 1.47. The van der Waals surface area contributed by atoms with Crippen LogP contribution >= 0.6 is 22.7 Å². The van der Waals surface area contributed by atoms with Crippen molar-refractivity contribution in [2.24, 2.45) is 0 Å². The third-order valence-electron chi connectivity index (χ3n) is 2.98. The van der Waals surface area contributed by atoms with Gasteiger partial charge in [-0.05, 0) is 37.4 Å². The zero-order chi connectivity index (χ0) is 15.7. The van der Waals surface area contributed by atoms with Crippen molar-refractivity contribution in [3.63, 3.8) is 0 Å². The number of aryl methyl sites for hydroxylation is 2. The van der Waals surface area contributed by atoms with Crippen LogP contribution in [0, 0.1) is 0 Å². The molecule has 3 aromatic heterocycles. The van der Waals surface area contributed by atoms with Crippen molar-refractivity contribution in [3.05, 3.63) is 32.3 Å². The maximum Gasteiger partial charge on any atom is 0.325 e. The normalized spacial score (nSPS) is 12.0. The van der Waals surface area contributed by atoms with Crippen LogP contribution in [-0.4, -0.2) is 30.0 Å². The van der Waals surface area contributed by atoms with Gasteiger partial charge in [0.2, 0.25) is 0 Å². The molecule has 116 valence electrons. The molecule has 9 heteroatoms. The molecule has 3 rings (SSSR count). The lowest BCUT2D eigenvalue weighted by atomic mass is 10.1. The molecular weight excluding hydrogens is 320 g/mol. The average molecular weight is 336 g/mol. The van der Waals surface area contributed by atoms with Gasteiger partial charge < -0.3 is 0 Å². The fraction of sp³-hybridized carbons (Fsp3) is 0.462. The van der Waals surface area contributed by atoms with Crippen molar-refractivity contribution >= 4 is 22.7 Å². The van der Waals surface area contributed by atoms with Gasteiger partial charge in [0.15, 0.2) is 5.82 Å². The molecule has 0 aliphatic carbocycles. The molecule has 0 bridgehead atoms. The molecule has 0 saturated heterocycles. The first-order chi connectivity index (χ1) is 10.4. The van der Waals surface area contributed by atoms with E-state index in [1.165, 1.54) is 4.68 Å². The molecule has 0 N–H and O–H groups in total. The predicted molar refractivity (Wildman–Crippen MR) is 86.2 cm³/mol. The largest absolute Gasteiger partial charge is 0.325 e. The molecule has 0 radical (unpaired) electrons. The zero-order valence-electron chi connectivity index (χ0n) is 12.6. The highest BCUT2D eigenvalue weighted by atomic mass is 32.1. The van der Waals surface area contributed by atoms with E-state index in [9.17, 15) is 4.79 Å². The second-order valence-electron chi connectivity index (χ2n) is 5.82. The van der Waals surface area contributed by atoms with Crippen molar-refractivity contribution in [1.29, 1.82) is 0 Å². The second kappa shape index (κ2) is 5.73. The summed E-state index contributed by atoms with van der Waals surface area (Å²) in [6.45, 7) is 6.48. The minimum Gasteiger partial charge on any atom is -0.255 e. The maximum atomic E-state index is 12.0. The van der Waals surface area contributed by atoms with Crippen molar-refractivity contribution in [2.45, 2.75) is 39.3 Å². The van der Waals surface area contributed by atoms with Gasteiger partial charge in [-0.15, -0.1) is 10.2 Å². The van der Waals surface area contributed by atoms with Crippen LogP contribution in [0.1, 0.15) is 26.6 Å². The van der Waals surface area contributed by atoms with Gasteiger partial charge in [0.25, 0.3) is 0 Å². The third-order valence-corrected chi connectivity index (χ3v) is 4.56. The fourth-order valence-electron chi connectivity index (χ4n) is 1.78. The van der Waals surface area contributed by atoms with E-state index in [-0.39, 0.29) is 10.4 Å². The molecule has 3 aromatic rings. The number of aromatic nitrogens is 6. The van der Waals surface area contributed by atoms with Gasteiger partial charge in [0, 0.05) is 17.4 Å². The first kappa shape index (κ1) is 15.0. The summed E-state index contributed by atoms with van der Waals surface area (Å²) in [6, 6.07) is 1.96. The Labute approximate surface area is 135 Å². The first-order valence-electron chi connectivity index (χ1n) is 6.83. The van der Waals surface area contributed by atoms with Crippen LogP contribution in [0.25, 0.3) is 10.6 Å². The van der Waals surface area contributed by atoms with Crippen molar-refractivity contribution in [3.8, 4) is 10.6 Å². The van der Waals surface area contributed by atoms with Crippen LogP contribution in [0.15, 0.2) is 21.6 Å². The van der Waals surface area contributed by atoms with E-state index < -0.39 is 0 Å². The zero-order valence-corrected chi connectivity index (χ0v) is 14.2. The molecule has 0 atom stereocenters. The lowest BCUT2D eigenvalue weighted by Crippen LogP contribution is -2.24. The SMILES string of the molecule is CC(C)(C)n1nnc(CCn2nc(-c3ccsc3)sc2=O)n1. The Balaban J connectivity index is 1.72. The monoisotopic (exact) mass is 336 g/mol. The average Bonchev–Trinajstić information content (AvgIpc) is 3.16. The van der Waals surface area contributed by atoms with Crippen LogP contribution in [0.2, 0.25) is 0 Å². The fourth-order valence-corrected chi connectivity index (χ4v) is 3.29. The topological polar surface area (TPSA) is 78.5 Å². The standard InChI is InChI=1S/C13H16N6OS2/c1-13(2,3)19-15-10(14-17-19)4-6-18-12(20)22-11(16-18)9-5-7-21-8-9/h5,7-8H,4,6H2,1-3H3. The van der Waals surface area contributed by atoms with Gasteiger partial charge in [0.05, 0.1) is 12.1 Å². The highest BCUT2D eigenvalue weighted by Crippen LogP contribution is 2.21. The van der Waals surface area contributed by atoms with E-state index in [0.717, 1.165) is 21.9 Å². The Kier molecular flexibility index (Phi) is 3.92. The summed E-state index contributed by atoms with van der Waals surface area (Å²) in [6.07, 6.45) is 0.531. The first-order valence-corrected chi connectivity index (χ1v) is 8.59. The summed E-state index contributed by atoms with van der Waals surface area (Å²) >= 11 is 2.75. The molecule has 22 heavy (non-hydrogen) atoms. The molecule has 7 nitrogen and oxygen atoms in total. The number of thiophene rings is 1. The van der Waals surface area contributed by atoms with E-state index in [0.29, 0.717) is 18.8 Å². The number of rotatable bonds is 4. The molecule has 0 fully saturated rings. The Morgan fingerprint density at radius 3 is 2.73 bits per heavy atom. The van der Waals surface area contributed by atoms with Crippen LogP contribution in [0.4, 0.5) is 0 Å². The summed E-state index contributed by atoms with van der Waals surface area (Å²) in [4.78, 5) is 13.5. The lowest BCUT2D eigenvalue weighted by molar-refractivity contribution is 0.305.